The van der Waals surface area contributed by atoms with E-state index in [-0.39, 0.29) is 5.92 Å². The van der Waals surface area contributed by atoms with Gasteiger partial charge < -0.3 is 8.83 Å². The Morgan fingerprint density at radius 3 is 2.05 bits per heavy atom. The number of hydrogen-bond donors (Lipinski definition) is 0. The molecule has 12 rings (SSSR count). The van der Waals surface area contributed by atoms with Crippen molar-refractivity contribution in [3.63, 3.8) is 0 Å². The van der Waals surface area contributed by atoms with Crippen LogP contribution >= 0.6 is 0 Å². The van der Waals surface area contributed by atoms with Crippen LogP contribution in [0.3, 0.4) is 0 Å². The maximum absolute atomic E-state index is 6.75. The molecule has 0 amide bonds. The molecule has 5 nitrogen and oxygen atoms in total. The Balaban J connectivity index is 1.14. The molecule has 2 aliphatic rings. The van der Waals surface area contributed by atoms with Gasteiger partial charge in [-0.15, -0.1) is 0 Å². The van der Waals surface area contributed by atoms with E-state index in [1.165, 1.54) is 10.9 Å². The van der Waals surface area contributed by atoms with Gasteiger partial charge in [-0.2, -0.15) is 0 Å². The fourth-order valence-electron chi connectivity index (χ4n) is 8.91. The van der Waals surface area contributed by atoms with E-state index in [4.69, 9.17) is 23.8 Å². The van der Waals surface area contributed by atoms with E-state index in [1.807, 2.05) is 36.4 Å². The summed E-state index contributed by atoms with van der Waals surface area (Å²) in [6.07, 6.45) is 13.2. The van der Waals surface area contributed by atoms with Crippen molar-refractivity contribution in [3.05, 3.63) is 181 Å². The summed E-state index contributed by atoms with van der Waals surface area (Å²) in [6.45, 7) is 0. The summed E-state index contributed by atoms with van der Waals surface area (Å²) in [7, 11) is 0. The van der Waals surface area contributed by atoms with Crippen LogP contribution in [0.2, 0.25) is 0 Å². The van der Waals surface area contributed by atoms with Crippen molar-refractivity contribution in [2.45, 2.75) is 5.92 Å². The molecule has 0 spiro atoms. The van der Waals surface area contributed by atoms with Gasteiger partial charge in [0.1, 0.15) is 22.5 Å². The molecule has 0 bridgehead atoms. The Bertz CT molecular complexity index is 3330. The van der Waals surface area contributed by atoms with Crippen LogP contribution in [0, 0.1) is 5.92 Å². The maximum atomic E-state index is 6.75. The highest BCUT2D eigenvalue weighted by Gasteiger charge is 2.30. The van der Waals surface area contributed by atoms with Gasteiger partial charge in [-0.1, -0.05) is 146 Å². The van der Waals surface area contributed by atoms with Gasteiger partial charge in [0.05, 0.1) is 0 Å². The zero-order valence-electron chi connectivity index (χ0n) is 30.1. The third-order valence-electron chi connectivity index (χ3n) is 11.5. The number of furan rings is 2. The normalized spacial score (nSPS) is 16.0. The topological polar surface area (TPSA) is 65.0 Å². The summed E-state index contributed by atoms with van der Waals surface area (Å²) in [5.74, 6) is 3.24. The van der Waals surface area contributed by atoms with Crippen molar-refractivity contribution in [1.82, 2.24) is 15.0 Å². The summed E-state index contributed by atoms with van der Waals surface area (Å²) < 4.78 is 13.4. The molecule has 2 aliphatic carbocycles. The van der Waals surface area contributed by atoms with Gasteiger partial charge in [-0.25, -0.2) is 15.0 Å². The summed E-state index contributed by atoms with van der Waals surface area (Å²) in [5.41, 5.74) is 8.33. The van der Waals surface area contributed by atoms with E-state index in [1.54, 1.807) is 0 Å². The van der Waals surface area contributed by atoms with Gasteiger partial charge in [0.2, 0.25) is 0 Å². The smallest absolute Gasteiger partial charge is 0.164 e. The molecule has 3 aromatic heterocycles. The molecule has 10 aromatic rings. The van der Waals surface area contributed by atoms with Crippen molar-refractivity contribution >= 4 is 60.5 Å². The fourth-order valence-corrected chi connectivity index (χ4v) is 8.91. The highest BCUT2D eigenvalue weighted by molar-refractivity contribution is 6.15. The number of nitrogens with zero attached hydrogens (tertiary/aromatic N) is 3. The van der Waals surface area contributed by atoms with Crippen LogP contribution in [0.5, 0.6) is 0 Å². The molecule has 2 unspecified atom stereocenters. The number of hydrogen-bond acceptors (Lipinski definition) is 5. The first-order chi connectivity index (χ1) is 27.7. The lowest BCUT2D eigenvalue weighted by Gasteiger charge is -2.24. The van der Waals surface area contributed by atoms with Gasteiger partial charge in [0.25, 0.3) is 0 Å². The number of para-hydroxylation sites is 2. The first-order valence-corrected chi connectivity index (χ1v) is 19.0. The van der Waals surface area contributed by atoms with Crippen LogP contribution in [-0.2, 0) is 0 Å². The summed E-state index contributed by atoms with van der Waals surface area (Å²) in [6, 6.07) is 48.3. The lowest BCUT2D eigenvalue weighted by atomic mass is 9.78. The standard InChI is InChI=1S/C51H31N3O2/c1-2-14-31(15-3-1)49-52-50(41-27-32-16-5-6-17-34(32)37-19-8-9-20-38(37)41)54-51(53-49)42-28-33(29-45-47(42)39-21-10-11-24-43(39)55-45)36-22-12-23-40-46-35-18-7-4-13-30(35)25-26-44(46)56-48(36)40/h1-30,35H. The molecule has 262 valence electrons. The molecule has 7 aromatic carbocycles. The second-order valence-electron chi connectivity index (χ2n) is 14.7. The molecule has 0 aliphatic heterocycles. The van der Waals surface area contributed by atoms with Crippen LogP contribution in [-0.4, -0.2) is 15.0 Å². The highest BCUT2D eigenvalue weighted by atomic mass is 16.3. The lowest BCUT2D eigenvalue weighted by Crippen LogP contribution is -2.12. The molecule has 5 heteroatoms. The minimum atomic E-state index is 0.233. The number of aromatic nitrogens is 3. The Labute approximate surface area is 321 Å². The van der Waals surface area contributed by atoms with Crippen LogP contribution in [0.4, 0.5) is 0 Å². The summed E-state index contributed by atoms with van der Waals surface area (Å²) in [4.78, 5) is 15.8. The van der Waals surface area contributed by atoms with Gasteiger partial charge in [0.15, 0.2) is 17.5 Å². The van der Waals surface area contributed by atoms with Gasteiger partial charge >= 0.3 is 0 Å². The number of rotatable bonds is 4. The zero-order chi connectivity index (χ0) is 36.7. The number of benzene rings is 7. The summed E-state index contributed by atoms with van der Waals surface area (Å²) in [5, 5.41) is 7.65. The zero-order valence-corrected chi connectivity index (χ0v) is 30.1. The van der Waals surface area contributed by atoms with Crippen molar-refractivity contribution in [2.24, 2.45) is 5.92 Å². The van der Waals surface area contributed by atoms with Gasteiger partial charge in [0, 0.05) is 55.8 Å². The maximum Gasteiger partial charge on any atom is 0.164 e. The molecular formula is C51H31N3O2. The van der Waals surface area contributed by atoms with Crippen LogP contribution in [0.25, 0.3) is 106 Å². The summed E-state index contributed by atoms with van der Waals surface area (Å²) >= 11 is 0. The minimum absolute atomic E-state index is 0.233. The molecule has 0 saturated carbocycles. The minimum Gasteiger partial charge on any atom is -0.456 e. The molecule has 0 saturated heterocycles. The second-order valence-corrected chi connectivity index (χ2v) is 14.7. The van der Waals surface area contributed by atoms with Crippen LogP contribution in [0.15, 0.2) is 179 Å². The van der Waals surface area contributed by atoms with Gasteiger partial charge in [-0.3, -0.25) is 0 Å². The van der Waals surface area contributed by atoms with E-state index in [0.29, 0.717) is 23.4 Å². The van der Waals surface area contributed by atoms with Crippen molar-refractivity contribution in [3.8, 4) is 45.3 Å². The molecule has 3 heterocycles. The Morgan fingerprint density at radius 1 is 0.446 bits per heavy atom. The van der Waals surface area contributed by atoms with Crippen molar-refractivity contribution in [2.75, 3.05) is 0 Å². The molecule has 0 radical (unpaired) electrons. The monoisotopic (exact) mass is 717 g/mol. The first-order valence-electron chi connectivity index (χ1n) is 19.0. The average molecular weight is 718 g/mol. The van der Waals surface area contributed by atoms with Crippen molar-refractivity contribution in [1.29, 1.82) is 0 Å². The van der Waals surface area contributed by atoms with Crippen molar-refractivity contribution < 1.29 is 8.83 Å². The van der Waals surface area contributed by atoms with E-state index >= 15 is 0 Å². The molecule has 0 fully saturated rings. The Hall–Kier alpha value is -7.37. The fraction of sp³-hybridized carbons (Fsp3) is 0.0392. The molecular weight excluding hydrogens is 687 g/mol. The van der Waals surface area contributed by atoms with E-state index in [9.17, 15) is 0 Å². The lowest BCUT2D eigenvalue weighted by molar-refractivity contribution is 0.579. The highest BCUT2D eigenvalue weighted by Crippen LogP contribution is 2.47. The molecule has 0 N–H and O–H groups in total. The van der Waals surface area contributed by atoms with E-state index in [2.05, 4.69) is 140 Å². The Kier molecular flexibility index (Phi) is 6.69. The Morgan fingerprint density at radius 2 is 1.16 bits per heavy atom. The van der Waals surface area contributed by atoms with Crippen LogP contribution < -0.4 is 0 Å². The van der Waals surface area contributed by atoms with E-state index in [0.717, 1.165) is 82.6 Å². The van der Waals surface area contributed by atoms with Gasteiger partial charge in [-0.05, 0) is 57.4 Å². The third-order valence-corrected chi connectivity index (χ3v) is 11.5. The third kappa shape index (κ3) is 4.71. The van der Waals surface area contributed by atoms with Crippen LogP contribution in [0.1, 0.15) is 17.2 Å². The largest absolute Gasteiger partial charge is 0.456 e. The molecule has 2 atom stereocenters. The van der Waals surface area contributed by atoms with E-state index < -0.39 is 0 Å². The predicted molar refractivity (Wildman–Crippen MR) is 227 cm³/mol. The number of allylic oxidation sites excluding steroid dienone is 5. The average Bonchev–Trinajstić information content (AvgIpc) is 3.85. The number of fused-ring (bicyclic) bond motifs is 11. The second kappa shape index (κ2) is 12.1. The first kappa shape index (κ1) is 31.0. The quantitative estimate of drug-likeness (QED) is 0.170. The SMILES string of the molecule is C1=CC2C=Cc3oc4c(-c5cc(-c6nc(-c7ccccc7)nc(-c7cc8ccccc8c8ccccc78)n6)c6c(c5)oc5ccccc56)cccc4c3C2C=C1. The molecule has 56 heavy (non-hydrogen) atoms. The predicted octanol–water partition coefficient (Wildman–Crippen LogP) is 13.3.